The van der Waals surface area contributed by atoms with Crippen molar-refractivity contribution in [3.05, 3.63) is 57.7 Å². The summed E-state index contributed by atoms with van der Waals surface area (Å²) in [5.41, 5.74) is 1.32. The summed E-state index contributed by atoms with van der Waals surface area (Å²) in [6, 6.07) is 10.0. The summed E-state index contributed by atoms with van der Waals surface area (Å²) in [6.45, 7) is 6.81. The number of morpholine rings is 1. The summed E-state index contributed by atoms with van der Waals surface area (Å²) in [6.07, 6.45) is 0. The van der Waals surface area contributed by atoms with Crippen molar-refractivity contribution in [3.63, 3.8) is 0 Å². The zero-order valence-corrected chi connectivity index (χ0v) is 20.2. The van der Waals surface area contributed by atoms with Crippen LogP contribution >= 0.6 is 11.8 Å². The quantitative estimate of drug-likeness (QED) is 0.371. The van der Waals surface area contributed by atoms with Crippen molar-refractivity contribution in [2.24, 2.45) is 0 Å². The highest BCUT2D eigenvalue weighted by Gasteiger charge is 2.23. The van der Waals surface area contributed by atoms with Crippen molar-refractivity contribution >= 4 is 40.3 Å². The van der Waals surface area contributed by atoms with Gasteiger partial charge in [-0.25, -0.2) is 5.10 Å². The van der Waals surface area contributed by atoms with E-state index in [1.807, 2.05) is 34.9 Å². The molecule has 1 aromatic carbocycles. The molecule has 182 valence electrons. The van der Waals surface area contributed by atoms with Crippen LogP contribution in [0.4, 0.5) is 11.8 Å². The number of amides is 1. The van der Waals surface area contributed by atoms with Gasteiger partial charge in [0.2, 0.25) is 17.7 Å². The van der Waals surface area contributed by atoms with Crippen LogP contribution in [0, 0.1) is 13.8 Å². The Morgan fingerprint density at radius 3 is 2.69 bits per heavy atom. The van der Waals surface area contributed by atoms with Gasteiger partial charge in [-0.15, -0.1) is 10.2 Å². The maximum atomic E-state index is 12.8. The number of hydrogen-bond acceptors (Lipinski definition) is 9. The van der Waals surface area contributed by atoms with Crippen LogP contribution < -0.4 is 15.8 Å². The molecule has 0 radical (unpaired) electrons. The van der Waals surface area contributed by atoms with E-state index < -0.39 is 5.56 Å². The van der Waals surface area contributed by atoms with Gasteiger partial charge in [-0.3, -0.25) is 19.5 Å². The number of ether oxygens (including phenoxy) is 1. The number of benzene rings is 1. The van der Waals surface area contributed by atoms with E-state index in [2.05, 4.69) is 30.6 Å². The second-order valence-electron chi connectivity index (χ2n) is 8.17. The fourth-order valence-electron chi connectivity index (χ4n) is 4.11. The smallest absolute Gasteiger partial charge is 0.277 e. The number of carbonyl (C=O) groups is 1. The summed E-state index contributed by atoms with van der Waals surface area (Å²) in [5, 5.41) is 19.5. The zero-order valence-electron chi connectivity index (χ0n) is 19.4. The molecule has 1 aliphatic heterocycles. The molecular formula is C23H25N7O4S. The molecule has 1 amide bonds. The summed E-state index contributed by atoms with van der Waals surface area (Å²) in [7, 11) is 0. The van der Waals surface area contributed by atoms with Gasteiger partial charge in [0.25, 0.3) is 5.56 Å². The van der Waals surface area contributed by atoms with Gasteiger partial charge >= 0.3 is 0 Å². The van der Waals surface area contributed by atoms with Gasteiger partial charge in [-0.05, 0) is 19.4 Å². The lowest BCUT2D eigenvalue weighted by Crippen LogP contribution is -2.38. The minimum Gasteiger partial charge on any atom is -0.444 e. The first-order valence-corrected chi connectivity index (χ1v) is 12.2. The van der Waals surface area contributed by atoms with Crippen molar-refractivity contribution in [2.45, 2.75) is 25.5 Å². The van der Waals surface area contributed by atoms with Gasteiger partial charge in [0.15, 0.2) is 5.16 Å². The van der Waals surface area contributed by atoms with E-state index in [4.69, 9.17) is 9.15 Å². The first kappa shape index (κ1) is 23.1. The highest BCUT2D eigenvalue weighted by Crippen LogP contribution is 2.29. The third-order valence-corrected chi connectivity index (χ3v) is 6.73. The number of anilines is 2. The van der Waals surface area contributed by atoms with Crippen LogP contribution in [-0.2, 0) is 16.1 Å². The fraction of sp³-hybridized carbons (Fsp3) is 0.348. The number of aryl methyl sites for hydroxylation is 2. The van der Waals surface area contributed by atoms with Crippen LogP contribution in [0.1, 0.15) is 17.0 Å². The molecule has 3 aromatic heterocycles. The summed E-state index contributed by atoms with van der Waals surface area (Å²) >= 11 is 1.28. The number of fused-ring (bicyclic) bond motifs is 1. The molecule has 0 spiro atoms. The number of aromatic amines is 1. The summed E-state index contributed by atoms with van der Waals surface area (Å²) in [4.78, 5) is 27.3. The Hall–Kier alpha value is -3.64. The number of furan rings is 1. The lowest BCUT2D eigenvalue weighted by molar-refractivity contribution is -0.113. The van der Waals surface area contributed by atoms with Gasteiger partial charge in [0, 0.05) is 13.1 Å². The number of nitrogens with zero attached hydrogens (tertiary/aromatic N) is 5. The average molecular weight is 496 g/mol. The lowest BCUT2D eigenvalue weighted by atomic mass is 10.2. The number of rotatable bonds is 7. The lowest BCUT2D eigenvalue weighted by Gasteiger charge is -2.28. The van der Waals surface area contributed by atoms with Gasteiger partial charge in [0.1, 0.15) is 11.1 Å². The van der Waals surface area contributed by atoms with Crippen molar-refractivity contribution in [3.8, 4) is 0 Å². The van der Waals surface area contributed by atoms with E-state index >= 15 is 0 Å². The normalized spacial score (nSPS) is 13.9. The largest absolute Gasteiger partial charge is 0.444 e. The molecule has 0 aliphatic carbocycles. The molecule has 0 bridgehead atoms. The molecular weight excluding hydrogens is 470 g/mol. The Kier molecular flexibility index (Phi) is 6.55. The van der Waals surface area contributed by atoms with Gasteiger partial charge in [0.05, 0.1) is 36.6 Å². The van der Waals surface area contributed by atoms with Gasteiger partial charge in [-0.1, -0.05) is 42.1 Å². The topological polar surface area (TPSA) is 131 Å². The number of carbonyl (C=O) groups excluding carboxylic acids is 1. The molecule has 5 rings (SSSR count). The van der Waals surface area contributed by atoms with Crippen LogP contribution in [0.25, 0.3) is 10.8 Å². The molecule has 11 nitrogen and oxygen atoms in total. The van der Waals surface area contributed by atoms with E-state index in [0.29, 0.717) is 41.8 Å². The second-order valence-corrected chi connectivity index (χ2v) is 9.11. The molecule has 35 heavy (non-hydrogen) atoms. The monoisotopic (exact) mass is 495 g/mol. The van der Waals surface area contributed by atoms with Crippen molar-refractivity contribution in [2.75, 3.05) is 42.3 Å². The number of aromatic nitrogens is 5. The van der Waals surface area contributed by atoms with E-state index in [1.54, 1.807) is 13.8 Å². The molecule has 0 atom stereocenters. The van der Waals surface area contributed by atoms with Crippen molar-refractivity contribution < 1.29 is 13.9 Å². The Morgan fingerprint density at radius 2 is 1.91 bits per heavy atom. The second kappa shape index (κ2) is 9.92. The Labute approximate surface area is 204 Å². The van der Waals surface area contributed by atoms with E-state index in [0.717, 1.165) is 24.6 Å². The highest BCUT2D eigenvalue weighted by molar-refractivity contribution is 7.99. The maximum Gasteiger partial charge on any atom is 0.277 e. The SMILES string of the molecule is Cc1n[nH]c(=O)c2c(NC(=O)CSc3nnc(N4CCOCC4)n3Cc3ccccc3)oc(C)c12. The van der Waals surface area contributed by atoms with E-state index in [-0.39, 0.29) is 22.9 Å². The first-order valence-electron chi connectivity index (χ1n) is 11.2. The Morgan fingerprint density at radius 1 is 1.14 bits per heavy atom. The molecule has 1 fully saturated rings. The van der Waals surface area contributed by atoms with Crippen LogP contribution in [-0.4, -0.2) is 62.9 Å². The minimum atomic E-state index is -0.414. The molecule has 2 N–H and O–H groups in total. The number of thioether (sulfide) groups is 1. The molecule has 1 aliphatic rings. The van der Waals surface area contributed by atoms with Crippen LogP contribution in [0.15, 0.2) is 44.7 Å². The standard InChI is InChI=1S/C23H25N7O4S/c1-14-18-15(2)34-21(19(18)20(32)26-25-14)24-17(31)13-35-23-28-27-22(29-8-10-33-11-9-29)30(23)12-16-6-4-3-5-7-16/h3-7H,8-13H2,1-2H3,(H,24,31)(H,26,32). The Bertz CT molecular complexity index is 1410. The zero-order chi connectivity index (χ0) is 24.4. The molecule has 4 heterocycles. The maximum absolute atomic E-state index is 12.8. The first-order chi connectivity index (χ1) is 17.0. The molecule has 4 aromatic rings. The number of nitrogens with one attached hydrogen (secondary N) is 2. The highest BCUT2D eigenvalue weighted by atomic mass is 32.2. The number of H-pyrrole nitrogens is 1. The number of hydrogen-bond donors (Lipinski definition) is 2. The van der Waals surface area contributed by atoms with Crippen LogP contribution in [0.2, 0.25) is 0 Å². The van der Waals surface area contributed by atoms with Crippen LogP contribution in [0.3, 0.4) is 0 Å². The molecule has 0 saturated carbocycles. The summed E-state index contributed by atoms with van der Waals surface area (Å²) < 4.78 is 13.2. The fourth-order valence-corrected chi connectivity index (χ4v) is 4.85. The van der Waals surface area contributed by atoms with Gasteiger partial charge < -0.3 is 14.1 Å². The van der Waals surface area contributed by atoms with Crippen molar-refractivity contribution in [1.29, 1.82) is 0 Å². The van der Waals surface area contributed by atoms with Gasteiger partial charge in [-0.2, -0.15) is 5.10 Å². The predicted octanol–water partition coefficient (Wildman–Crippen LogP) is 2.34. The minimum absolute atomic E-state index is 0.0687. The molecule has 0 unspecified atom stereocenters. The van der Waals surface area contributed by atoms with E-state index in [9.17, 15) is 9.59 Å². The molecule has 1 saturated heterocycles. The third-order valence-electron chi connectivity index (χ3n) is 5.76. The summed E-state index contributed by atoms with van der Waals surface area (Å²) in [5.74, 6) is 1.15. The Balaban J connectivity index is 1.35. The van der Waals surface area contributed by atoms with E-state index in [1.165, 1.54) is 11.8 Å². The van der Waals surface area contributed by atoms with Crippen molar-refractivity contribution in [1.82, 2.24) is 25.0 Å². The third kappa shape index (κ3) is 4.80. The predicted molar refractivity (Wildman–Crippen MR) is 132 cm³/mol. The molecule has 12 heteroatoms. The van der Waals surface area contributed by atoms with Crippen LogP contribution in [0.5, 0.6) is 0 Å². The average Bonchev–Trinajstić information content (AvgIpc) is 3.42.